The highest BCUT2D eigenvalue weighted by Crippen LogP contribution is 2.29. The van der Waals surface area contributed by atoms with Gasteiger partial charge in [-0.05, 0) is 48.6 Å². The Labute approximate surface area is 182 Å². The Kier molecular flexibility index (Phi) is 5.56. The van der Waals surface area contributed by atoms with Crippen LogP contribution in [0.25, 0.3) is 0 Å². The topological polar surface area (TPSA) is 36.8 Å². The Balaban J connectivity index is 1.29. The number of fused-ring (bicyclic) bond motifs is 1. The minimum Gasteiger partial charge on any atom is -0.372 e. The van der Waals surface area contributed by atoms with Crippen molar-refractivity contribution >= 4 is 28.6 Å². The van der Waals surface area contributed by atoms with Crippen LogP contribution >= 0.6 is 11.3 Å². The van der Waals surface area contributed by atoms with Crippen LogP contribution in [-0.4, -0.2) is 32.1 Å². The van der Waals surface area contributed by atoms with Crippen LogP contribution in [0.4, 0.5) is 11.4 Å². The molecule has 2 aliphatic heterocycles. The third-order valence-corrected chi connectivity index (χ3v) is 7.31. The Hall–Kier alpha value is -2.63. The van der Waals surface area contributed by atoms with Gasteiger partial charge >= 0.3 is 0 Å². The van der Waals surface area contributed by atoms with Crippen molar-refractivity contribution in [2.24, 2.45) is 0 Å². The van der Waals surface area contributed by atoms with E-state index in [-0.39, 0.29) is 11.9 Å². The Morgan fingerprint density at radius 1 is 1.03 bits per heavy atom. The molecular weight excluding hydrogens is 390 g/mol. The minimum absolute atomic E-state index is 0.0820. The molecule has 0 aliphatic carbocycles. The predicted octanol–water partition coefficient (Wildman–Crippen LogP) is 3.52. The van der Waals surface area contributed by atoms with Gasteiger partial charge in [0.25, 0.3) is 5.91 Å². The number of nitrogens with zero attached hydrogens (tertiary/aromatic N) is 1. The first kappa shape index (κ1) is 19.3. The van der Waals surface area contributed by atoms with Crippen LogP contribution in [0.1, 0.15) is 34.9 Å². The Morgan fingerprint density at radius 2 is 1.80 bits per heavy atom. The molecule has 1 amide bonds. The lowest BCUT2D eigenvalue weighted by molar-refractivity contribution is -0.919. The molecule has 1 unspecified atom stereocenters. The van der Waals surface area contributed by atoms with Crippen LogP contribution < -0.4 is 15.1 Å². The maximum Gasteiger partial charge on any atom is 0.279 e. The molecule has 3 aromatic rings. The number of thiophene rings is 1. The average molecular weight is 419 g/mol. The molecule has 5 heteroatoms. The number of benzene rings is 2. The normalized spacial score (nSPS) is 20.7. The number of carbonyl (C=O) groups is 1. The average Bonchev–Trinajstić information content (AvgIpc) is 3.47. The molecule has 0 spiro atoms. The fourth-order valence-electron chi connectivity index (χ4n) is 4.84. The van der Waals surface area contributed by atoms with Crippen molar-refractivity contribution in [2.45, 2.75) is 25.3 Å². The van der Waals surface area contributed by atoms with E-state index in [0.717, 1.165) is 31.7 Å². The first-order valence-corrected chi connectivity index (χ1v) is 11.8. The van der Waals surface area contributed by atoms with Crippen LogP contribution in [0.3, 0.4) is 0 Å². The first-order valence-electron chi connectivity index (χ1n) is 10.9. The van der Waals surface area contributed by atoms with Crippen molar-refractivity contribution in [3.8, 4) is 0 Å². The molecule has 154 valence electrons. The van der Waals surface area contributed by atoms with Gasteiger partial charge in [0.1, 0.15) is 6.04 Å². The molecule has 2 aliphatic rings. The summed E-state index contributed by atoms with van der Waals surface area (Å²) < 4.78 is 0. The van der Waals surface area contributed by atoms with E-state index in [1.54, 1.807) is 0 Å². The van der Waals surface area contributed by atoms with Gasteiger partial charge in [0.2, 0.25) is 0 Å². The summed E-state index contributed by atoms with van der Waals surface area (Å²) in [7, 11) is 0. The van der Waals surface area contributed by atoms with Crippen molar-refractivity contribution in [1.29, 1.82) is 0 Å². The molecule has 4 nitrogen and oxygen atoms in total. The molecule has 0 radical (unpaired) electrons. The third kappa shape index (κ3) is 4.00. The second-order valence-corrected chi connectivity index (χ2v) is 9.27. The second kappa shape index (κ2) is 8.62. The van der Waals surface area contributed by atoms with Crippen molar-refractivity contribution in [3.05, 3.63) is 82.0 Å². The summed E-state index contributed by atoms with van der Waals surface area (Å²) in [6.45, 7) is 3.72. The molecule has 1 fully saturated rings. The van der Waals surface area contributed by atoms with Gasteiger partial charge in [0, 0.05) is 46.9 Å². The molecule has 2 N–H and O–H groups in total. The molecule has 0 saturated carbocycles. The van der Waals surface area contributed by atoms with Gasteiger partial charge in [-0.15, -0.1) is 11.3 Å². The Morgan fingerprint density at radius 3 is 2.57 bits per heavy atom. The lowest BCUT2D eigenvalue weighted by Gasteiger charge is -2.32. The lowest BCUT2D eigenvalue weighted by atomic mass is 9.93. The molecule has 2 aromatic carbocycles. The van der Waals surface area contributed by atoms with E-state index in [2.05, 4.69) is 64.1 Å². The number of amides is 1. The summed E-state index contributed by atoms with van der Waals surface area (Å²) >= 11 is 1.84. The predicted molar refractivity (Wildman–Crippen MR) is 124 cm³/mol. The lowest BCUT2D eigenvalue weighted by Crippen LogP contribution is -3.14. The van der Waals surface area contributed by atoms with E-state index >= 15 is 0 Å². The fourth-order valence-corrected chi connectivity index (χ4v) is 5.76. The molecule has 5 rings (SSSR count). The fraction of sp³-hybridized carbons (Fsp3) is 0.320. The second-order valence-electron chi connectivity index (χ2n) is 8.27. The zero-order valence-electron chi connectivity index (χ0n) is 17.1. The van der Waals surface area contributed by atoms with Crippen LogP contribution in [0.15, 0.2) is 66.0 Å². The quantitative estimate of drug-likeness (QED) is 0.665. The number of rotatable bonds is 5. The highest BCUT2D eigenvalue weighted by Gasteiger charge is 2.34. The van der Waals surface area contributed by atoms with Crippen LogP contribution in [-0.2, 0) is 11.2 Å². The van der Waals surface area contributed by atoms with Gasteiger partial charge < -0.3 is 15.1 Å². The Bertz CT molecular complexity index is 993. The summed E-state index contributed by atoms with van der Waals surface area (Å²) in [5.41, 5.74) is 4.80. The third-order valence-electron chi connectivity index (χ3n) is 6.32. The van der Waals surface area contributed by atoms with E-state index in [1.807, 2.05) is 23.5 Å². The smallest absolute Gasteiger partial charge is 0.279 e. The summed E-state index contributed by atoms with van der Waals surface area (Å²) in [5, 5.41) is 5.31. The van der Waals surface area contributed by atoms with Crippen LogP contribution in [0, 0.1) is 0 Å². The van der Waals surface area contributed by atoms with Gasteiger partial charge in [0.05, 0.1) is 6.54 Å². The van der Waals surface area contributed by atoms with Crippen molar-refractivity contribution in [3.63, 3.8) is 0 Å². The highest BCUT2D eigenvalue weighted by molar-refractivity contribution is 7.10. The molecule has 1 saturated heterocycles. The standard InChI is InChI=1S/C25H27N3OS/c29-24(26-20-8-10-21(11-9-20)27-14-4-5-15-27)18-28-16-12-23-22(13-17-30-23)25(28)19-6-2-1-3-7-19/h1-3,6-11,13,17,25H,4-5,12,14-16,18H2,(H,26,29)/p+1/t25-/m0/s1. The number of anilines is 2. The first-order chi connectivity index (χ1) is 14.8. The largest absolute Gasteiger partial charge is 0.372 e. The van der Waals surface area contributed by atoms with Gasteiger partial charge in [-0.3, -0.25) is 4.79 Å². The maximum absolute atomic E-state index is 12.9. The van der Waals surface area contributed by atoms with Crippen LogP contribution in [0.5, 0.6) is 0 Å². The summed E-state index contributed by atoms with van der Waals surface area (Å²) in [4.78, 5) is 18.1. The van der Waals surface area contributed by atoms with Crippen molar-refractivity contribution in [2.75, 3.05) is 36.4 Å². The van der Waals surface area contributed by atoms with Crippen LogP contribution in [0.2, 0.25) is 0 Å². The van der Waals surface area contributed by atoms with Gasteiger partial charge in [-0.1, -0.05) is 30.3 Å². The van der Waals surface area contributed by atoms with Crippen molar-refractivity contribution in [1.82, 2.24) is 0 Å². The maximum atomic E-state index is 12.9. The molecule has 0 bridgehead atoms. The molecule has 1 aromatic heterocycles. The summed E-state index contributed by atoms with van der Waals surface area (Å²) in [6.07, 6.45) is 3.58. The number of hydrogen-bond donors (Lipinski definition) is 2. The van der Waals surface area contributed by atoms with Gasteiger partial charge in [-0.2, -0.15) is 0 Å². The van der Waals surface area contributed by atoms with Gasteiger partial charge in [-0.25, -0.2) is 0 Å². The summed E-state index contributed by atoms with van der Waals surface area (Å²) in [6, 6.07) is 21.4. The molecular formula is C25H28N3OS+. The number of nitrogens with one attached hydrogen (secondary N) is 2. The SMILES string of the molecule is O=C(C[NH+]1CCc2sccc2[C@@H]1c1ccccc1)Nc1ccc(N2CCCC2)cc1. The number of hydrogen-bond acceptors (Lipinski definition) is 3. The highest BCUT2D eigenvalue weighted by atomic mass is 32.1. The number of carbonyl (C=O) groups excluding carboxylic acids is 1. The van der Waals surface area contributed by atoms with Crippen molar-refractivity contribution < 1.29 is 9.69 Å². The van der Waals surface area contributed by atoms with E-state index in [9.17, 15) is 4.79 Å². The molecule has 30 heavy (non-hydrogen) atoms. The van der Waals surface area contributed by atoms with E-state index in [4.69, 9.17) is 0 Å². The zero-order chi connectivity index (χ0) is 20.3. The van der Waals surface area contributed by atoms with E-state index < -0.39 is 0 Å². The van der Waals surface area contributed by atoms with Gasteiger partial charge in [0.15, 0.2) is 6.54 Å². The summed E-state index contributed by atoms with van der Waals surface area (Å²) in [5.74, 6) is 0.0820. The zero-order valence-corrected chi connectivity index (χ0v) is 18.0. The van der Waals surface area contributed by atoms with E-state index in [0.29, 0.717) is 6.54 Å². The monoisotopic (exact) mass is 418 g/mol. The molecule has 2 atom stereocenters. The minimum atomic E-state index is 0.0820. The van der Waals surface area contributed by atoms with E-state index in [1.165, 1.54) is 39.4 Å². The molecule has 3 heterocycles. The number of quaternary nitrogens is 1.